The summed E-state index contributed by atoms with van der Waals surface area (Å²) >= 11 is 0. The molecule has 1 atom stereocenters. The van der Waals surface area contributed by atoms with E-state index in [4.69, 9.17) is 4.98 Å². The number of aromatic nitrogens is 2. The Balaban J connectivity index is 1.46. The van der Waals surface area contributed by atoms with Crippen LogP contribution in [0.1, 0.15) is 55.6 Å². The smallest absolute Gasteiger partial charge is 0.228 e. The number of amides is 1. The van der Waals surface area contributed by atoms with E-state index in [9.17, 15) is 4.79 Å². The monoisotopic (exact) mass is 364 g/mol. The Bertz CT molecular complexity index is 812. The second-order valence-electron chi connectivity index (χ2n) is 7.96. The number of aryl methyl sites for hydroxylation is 2. The normalized spacial score (nSPS) is 21.5. The van der Waals surface area contributed by atoms with Gasteiger partial charge < -0.3 is 10.2 Å². The van der Waals surface area contributed by atoms with Crippen LogP contribution in [-0.2, 0) is 11.2 Å². The summed E-state index contributed by atoms with van der Waals surface area (Å²) in [7, 11) is 0. The molecular formula is C22H28N4O. The topological polar surface area (TPSA) is 58.1 Å². The van der Waals surface area contributed by atoms with Crippen LogP contribution >= 0.6 is 0 Å². The molecular weight excluding hydrogens is 336 g/mol. The van der Waals surface area contributed by atoms with Crippen LogP contribution in [0.4, 0.5) is 5.82 Å². The van der Waals surface area contributed by atoms with Crippen LogP contribution in [0.5, 0.6) is 0 Å². The number of rotatable bonds is 4. The molecule has 2 aliphatic heterocycles. The van der Waals surface area contributed by atoms with Crippen molar-refractivity contribution in [3.63, 3.8) is 0 Å². The molecule has 0 unspecified atom stereocenters. The van der Waals surface area contributed by atoms with E-state index in [2.05, 4.69) is 40.3 Å². The van der Waals surface area contributed by atoms with Gasteiger partial charge in [0.05, 0.1) is 5.92 Å². The van der Waals surface area contributed by atoms with Crippen LogP contribution in [0.15, 0.2) is 36.4 Å². The van der Waals surface area contributed by atoms with E-state index < -0.39 is 0 Å². The Morgan fingerprint density at radius 3 is 2.63 bits per heavy atom. The minimum atomic E-state index is -0.0670. The maximum absolute atomic E-state index is 12.6. The minimum absolute atomic E-state index is 0.0183. The first-order chi connectivity index (χ1) is 13.1. The molecule has 142 valence electrons. The van der Waals surface area contributed by atoms with Crippen molar-refractivity contribution in [2.45, 2.75) is 57.4 Å². The first-order valence-electron chi connectivity index (χ1n) is 10.0. The van der Waals surface area contributed by atoms with Crippen LogP contribution in [0.25, 0.3) is 0 Å². The molecule has 5 heteroatoms. The van der Waals surface area contributed by atoms with Gasteiger partial charge in [0.1, 0.15) is 11.6 Å². The van der Waals surface area contributed by atoms with Gasteiger partial charge in [0.15, 0.2) is 0 Å². The summed E-state index contributed by atoms with van der Waals surface area (Å²) in [5.41, 5.74) is 2.09. The van der Waals surface area contributed by atoms with E-state index in [1.807, 2.05) is 25.1 Å². The average Bonchev–Trinajstić information content (AvgIpc) is 2.99. The molecule has 1 amide bonds. The molecule has 1 N–H and O–H groups in total. The molecule has 0 aliphatic carbocycles. The SMILES string of the molecule is CCCc1nc(C)cc(N2CCC3(CC2)C[C@@H](c2ccccc2)C(=O)N3)n1. The predicted octanol–water partition coefficient (Wildman–Crippen LogP) is 3.38. The van der Waals surface area contributed by atoms with Crippen molar-refractivity contribution in [3.05, 3.63) is 53.5 Å². The van der Waals surface area contributed by atoms with Gasteiger partial charge in [-0.1, -0.05) is 37.3 Å². The van der Waals surface area contributed by atoms with Gasteiger partial charge in [-0.3, -0.25) is 4.79 Å². The second kappa shape index (κ2) is 7.29. The number of carbonyl (C=O) groups is 1. The number of hydrogen-bond acceptors (Lipinski definition) is 4. The molecule has 1 spiro atoms. The molecule has 4 rings (SSSR count). The molecule has 2 aromatic rings. The number of nitrogens with zero attached hydrogens (tertiary/aromatic N) is 3. The van der Waals surface area contributed by atoms with Crippen molar-refractivity contribution in [2.24, 2.45) is 0 Å². The maximum atomic E-state index is 12.6. The lowest BCUT2D eigenvalue weighted by atomic mass is 9.82. The van der Waals surface area contributed by atoms with Gasteiger partial charge in [-0.15, -0.1) is 0 Å². The van der Waals surface area contributed by atoms with E-state index in [0.29, 0.717) is 0 Å². The van der Waals surface area contributed by atoms with Crippen molar-refractivity contribution in [2.75, 3.05) is 18.0 Å². The van der Waals surface area contributed by atoms with E-state index in [-0.39, 0.29) is 17.4 Å². The minimum Gasteiger partial charge on any atom is -0.356 e. The first-order valence-corrected chi connectivity index (χ1v) is 10.0. The molecule has 2 saturated heterocycles. The van der Waals surface area contributed by atoms with Gasteiger partial charge in [-0.05, 0) is 38.2 Å². The highest BCUT2D eigenvalue weighted by Gasteiger charge is 2.46. The van der Waals surface area contributed by atoms with E-state index >= 15 is 0 Å². The van der Waals surface area contributed by atoms with Crippen molar-refractivity contribution < 1.29 is 4.79 Å². The zero-order valence-electron chi connectivity index (χ0n) is 16.2. The Morgan fingerprint density at radius 1 is 1.19 bits per heavy atom. The number of carbonyl (C=O) groups excluding carboxylic acids is 1. The Morgan fingerprint density at radius 2 is 1.93 bits per heavy atom. The Labute approximate surface area is 161 Å². The van der Waals surface area contributed by atoms with Crippen LogP contribution in [-0.4, -0.2) is 34.5 Å². The fourth-order valence-electron chi connectivity index (χ4n) is 4.44. The lowest BCUT2D eigenvalue weighted by molar-refractivity contribution is -0.121. The molecule has 1 aromatic heterocycles. The van der Waals surface area contributed by atoms with Gasteiger partial charge in [-0.25, -0.2) is 9.97 Å². The van der Waals surface area contributed by atoms with Crippen LogP contribution < -0.4 is 10.2 Å². The molecule has 1 aromatic carbocycles. The van der Waals surface area contributed by atoms with Crippen molar-refractivity contribution in [1.82, 2.24) is 15.3 Å². The van der Waals surface area contributed by atoms with E-state index in [0.717, 1.165) is 68.1 Å². The quantitative estimate of drug-likeness (QED) is 0.904. The van der Waals surface area contributed by atoms with E-state index in [1.54, 1.807) is 0 Å². The van der Waals surface area contributed by atoms with Gasteiger partial charge >= 0.3 is 0 Å². The lowest BCUT2D eigenvalue weighted by Crippen LogP contribution is -2.51. The molecule has 0 radical (unpaired) electrons. The summed E-state index contributed by atoms with van der Waals surface area (Å²) in [5, 5.41) is 3.33. The summed E-state index contributed by atoms with van der Waals surface area (Å²) in [6.45, 7) is 6.03. The van der Waals surface area contributed by atoms with Crippen molar-refractivity contribution in [1.29, 1.82) is 0 Å². The van der Waals surface area contributed by atoms with Gasteiger partial charge in [0.2, 0.25) is 5.91 Å². The van der Waals surface area contributed by atoms with Gasteiger partial charge in [0.25, 0.3) is 0 Å². The lowest BCUT2D eigenvalue weighted by Gasteiger charge is -2.40. The highest BCUT2D eigenvalue weighted by Crippen LogP contribution is 2.39. The highest BCUT2D eigenvalue weighted by atomic mass is 16.2. The number of hydrogen-bond donors (Lipinski definition) is 1. The number of benzene rings is 1. The third kappa shape index (κ3) is 3.68. The second-order valence-corrected chi connectivity index (χ2v) is 7.96. The molecule has 5 nitrogen and oxygen atoms in total. The summed E-state index contributed by atoms with van der Waals surface area (Å²) < 4.78 is 0. The number of anilines is 1. The number of piperidine rings is 1. The Kier molecular flexibility index (Phi) is 4.85. The fraction of sp³-hybridized carbons (Fsp3) is 0.500. The zero-order valence-corrected chi connectivity index (χ0v) is 16.2. The third-order valence-corrected chi connectivity index (χ3v) is 5.91. The molecule has 2 fully saturated rings. The van der Waals surface area contributed by atoms with Crippen LogP contribution in [0, 0.1) is 6.92 Å². The summed E-state index contributed by atoms with van der Waals surface area (Å²) in [4.78, 5) is 24.3. The Hall–Kier alpha value is -2.43. The zero-order chi connectivity index (χ0) is 18.9. The van der Waals surface area contributed by atoms with Crippen molar-refractivity contribution in [3.8, 4) is 0 Å². The average molecular weight is 364 g/mol. The largest absolute Gasteiger partial charge is 0.356 e. The molecule has 3 heterocycles. The third-order valence-electron chi connectivity index (χ3n) is 5.91. The molecule has 0 saturated carbocycles. The van der Waals surface area contributed by atoms with Gasteiger partial charge in [-0.2, -0.15) is 0 Å². The predicted molar refractivity (Wildman–Crippen MR) is 107 cm³/mol. The van der Waals surface area contributed by atoms with Gasteiger partial charge in [0, 0.05) is 36.8 Å². The van der Waals surface area contributed by atoms with Crippen LogP contribution in [0.2, 0.25) is 0 Å². The molecule has 27 heavy (non-hydrogen) atoms. The maximum Gasteiger partial charge on any atom is 0.228 e. The van der Waals surface area contributed by atoms with E-state index in [1.165, 1.54) is 0 Å². The summed E-state index contributed by atoms with van der Waals surface area (Å²) in [6.07, 6.45) is 4.80. The fourth-order valence-corrected chi connectivity index (χ4v) is 4.44. The highest BCUT2D eigenvalue weighted by molar-refractivity contribution is 5.87. The number of nitrogens with one attached hydrogen (secondary N) is 1. The standard InChI is InChI=1S/C22H28N4O/c1-3-7-19-23-16(2)14-20(24-19)26-12-10-22(11-13-26)15-18(21(27)25-22)17-8-5-4-6-9-17/h4-6,8-9,14,18H,3,7,10-13,15H2,1-2H3,(H,25,27)/t18-/m0/s1. The van der Waals surface area contributed by atoms with Crippen LogP contribution in [0.3, 0.4) is 0 Å². The van der Waals surface area contributed by atoms with Crippen molar-refractivity contribution >= 4 is 11.7 Å². The molecule has 2 aliphatic rings. The molecule has 0 bridgehead atoms. The summed E-state index contributed by atoms with van der Waals surface area (Å²) in [6, 6.07) is 12.2. The first kappa shape index (κ1) is 18.0. The summed E-state index contributed by atoms with van der Waals surface area (Å²) in [5.74, 6) is 2.13.